The van der Waals surface area contributed by atoms with Crippen LogP contribution in [-0.4, -0.2) is 23.5 Å². The van der Waals surface area contributed by atoms with Gasteiger partial charge in [0, 0.05) is 35.2 Å². The quantitative estimate of drug-likeness (QED) is 0.374. The molecule has 2 heterocycles. The average Bonchev–Trinajstić information content (AvgIpc) is 3.19. The van der Waals surface area contributed by atoms with E-state index in [1.807, 2.05) is 49.4 Å². The van der Waals surface area contributed by atoms with Gasteiger partial charge in [0.05, 0.1) is 13.2 Å². The maximum absolute atomic E-state index is 15.4. The molecule has 0 radical (unpaired) electrons. The van der Waals surface area contributed by atoms with Crippen LogP contribution in [-0.2, 0) is 13.0 Å². The van der Waals surface area contributed by atoms with Crippen LogP contribution >= 0.6 is 0 Å². The molecule has 0 aliphatic carbocycles. The summed E-state index contributed by atoms with van der Waals surface area (Å²) < 4.78 is 36.2. The predicted molar refractivity (Wildman–Crippen MR) is 128 cm³/mol. The van der Waals surface area contributed by atoms with Gasteiger partial charge < -0.3 is 9.72 Å². The van der Waals surface area contributed by atoms with Crippen LogP contribution in [0.15, 0.2) is 66.7 Å². The number of nitrogens with one attached hydrogen (secondary N) is 1. The molecule has 5 heteroatoms. The Balaban J connectivity index is 1.64. The van der Waals surface area contributed by atoms with Crippen molar-refractivity contribution < 1.29 is 13.5 Å². The van der Waals surface area contributed by atoms with E-state index in [4.69, 9.17) is 4.74 Å². The van der Waals surface area contributed by atoms with Crippen LogP contribution in [0.1, 0.15) is 40.9 Å². The number of fused-ring (bicyclic) bond motifs is 3. The second-order valence-electron chi connectivity index (χ2n) is 8.43. The van der Waals surface area contributed by atoms with Gasteiger partial charge in [0.1, 0.15) is 17.4 Å². The van der Waals surface area contributed by atoms with E-state index in [2.05, 4.69) is 16.0 Å². The molecule has 3 aromatic carbocycles. The Morgan fingerprint density at radius 2 is 1.79 bits per heavy atom. The minimum absolute atomic E-state index is 0.0873. The highest BCUT2D eigenvalue weighted by molar-refractivity contribution is 5.85. The van der Waals surface area contributed by atoms with E-state index >= 15 is 8.78 Å². The Morgan fingerprint density at radius 3 is 2.48 bits per heavy atom. The standard InChI is InChI=1S/C28H26F2N2O/c1-3-6-19-15-23(29)26(24(30)16-19)28-27-22(21-7-4-5-8-25(21)31-27)13-14-32(28)17-18-9-11-20(33-2)12-10-18/h3-12,15-16,28,31H,13-14,17H2,1-2H3/b6-3+. The van der Waals surface area contributed by atoms with Gasteiger partial charge in [0.15, 0.2) is 0 Å². The lowest BCUT2D eigenvalue weighted by Gasteiger charge is -2.36. The highest BCUT2D eigenvalue weighted by Gasteiger charge is 2.35. The number of nitrogens with zero attached hydrogens (tertiary/aromatic N) is 1. The van der Waals surface area contributed by atoms with Crippen LogP contribution in [0.2, 0.25) is 0 Å². The van der Waals surface area contributed by atoms with E-state index in [-0.39, 0.29) is 5.56 Å². The lowest BCUT2D eigenvalue weighted by Crippen LogP contribution is -2.36. The molecule has 1 aromatic heterocycles. The molecule has 3 nitrogen and oxygen atoms in total. The molecule has 1 N–H and O–H groups in total. The van der Waals surface area contributed by atoms with Gasteiger partial charge in [-0.1, -0.05) is 42.5 Å². The molecule has 1 unspecified atom stereocenters. The number of hydrogen-bond acceptors (Lipinski definition) is 2. The van der Waals surface area contributed by atoms with E-state index < -0.39 is 17.7 Å². The fraction of sp³-hybridized carbons (Fsp3) is 0.214. The Hall–Kier alpha value is -3.44. The number of methoxy groups -OCH3 is 1. The topological polar surface area (TPSA) is 28.3 Å². The SMILES string of the molecule is C/C=C/c1cc(F)c(C2c3[nH]c4ccccc4c3CCN2Cc2ccc(OC)cc2)c(F)c1. The fourth-order valence-corrected chi connectivity index (χ4v) is 4.91. The average molecular weight is 445 g/mol. The molecule has 0 bridgehead atoms. The number of aromatic nitrogens is 1. The molecule has 168 valence electrons. The number of benzene rings is 3. The second-order valence-corrected chi connectivity index (χ2v) is 8.43. The van der Waals surface area contributed by atoms with Gasteiger partial charge in [0.25, 0.3) is 0 Å². The molecule has 5 rings (SSSR count). The van der Waals surface area contributed by atoms with E-state index in [9.17, 15) is 0 Å². The van der Waals surface area contributed by atoms with E-state index in [1.54, 1.807) is 19.3 Å². The van der Waals surface area contributed by atoms with Crippen molar-refractivity contribution in [3.8, 4) is 5.75 Å². The first-order chi connectivity index (χ1) is 16.1. The second kappa shape index (κ2) is 8.83. The molecular weight excluding hydrogens is 418 g/mol. The van der Waals surface area contributed by atoms with Crippen molar-refractivity contribution in [1.29, 1.82) is 0 Å². The highest BCUT2D eigenvalue weighted by atomic mass is 19.1. The number of hydrogen-bond donors (Lipinski definition) is 1. The summed E-state index contributed by atoms with van der Waals surface area (Å²) in [6, 6.07) is 18.2. The number of halogens is 2. The molecule has 1 aliphatic heterocycles. The van der Waals surface area contributed by atoms with Gasteiger partial charge >= 0.3 is 0 Å². The predicted octanol–water partition coefficient (Wildman–Crippen LogP) is 6.64. The van der Waals surface area contributed by atoms with Crippen molar-refractivity contribution in [3.05, 3.63) is 106 Å². The van der Waals surface area contributed by atoms with Gasteiger partial charge in [-0.15, -0.1) is 0 Å². The van der Waals surface area contributed by atoms with Gasteiger partial charge in [-0.25, -0.2) is 8.78 Å². The lowest BCUT2D eigenvalue weighted by molar-refractivity contribution is 0.194. The molecule has 4 aromatic rings. The minimum atomic E-state index is -0.553. The molecule has 33 heavy (non-hydrogen) atoms. The summed E-state index contributed by atoms with van der Waals surface area (Å²) in [5.74, 6) is -0.276. The Labute approximate surface area is 192 Å². The van der Waals surface area contributed by atoms with Crippen molar-refractivity contribution in [2.75, 3.05) is 13.7 Å². The van der Waals surface area contributed by atoms with Crippen molar-refractivity contribution >= 4 is 17.0 Å². The number of aromatic amines is 1. The van der Waals surface area contributed by atoms with Crippen LogP contribution in [0.4, 0.5) is 8.78 Å². The Bertz CT molecular complexity index is 1300. The smallest absolute Gasteiger partial charge is 0.131 e. The first kappa shape index (κ1) is 21.4. The van der Waals surface area contributed by atoms with E-state index in [0.29, 0.717) is 18.7 Å². The fourth-order valence-electron chi connectivity index (χ4n) is 4.91. The van der Waals surface area contributed by atoms with Crippen LogP contribution in [0.25, 0.3) is 17.0 Å². The first-order valence-electron chi connectivity index (χ1n) is 11.2. The number of ether oxygens (including phenoxy) is 1. The summed E-state index contributed by atoms with van der Waals surface area (Å²) >= 11 is 0. The monoisotopic (exact) mass is 444 g/mol. The van der Waals surface area contributed by atoms with Crippen molar-refractivity contribution in [1.82, 2.24) is 9.88 Å². The molecule has 0 spiro atoms. The zero-order valence-corrected chi connectivity index (χ0v) is 18.7. The Kier molecular flexibility index (Phi) is 5.73. The zero-order valence-electron chi connectivity index (χ0n) is 18.7. The summed E-state index contributed by atoms with van der Waals surface area (Å²) in [4.78, 5) is 5.63. The van der Waals surface area contributed by atoms with E-state index in [0.717, 1.165) is 39.9 Å². The molecule has 0 amide bonds. The van der Waals surface area contributed by atoms with Gasteiger partial charge in [-0.3, -0.25) is 4.90 Å². The van der Waals surface area contributed by atoms with Gasteiger partial charge in [-0.2, -0.15) is 0 Å². The lowest BCUT2D eigenvalue weighted by atomic mass is 9.90. The van der Waals surface area contributed by atoms with Crippen LogP contribution in [0, 0.1) is 11.6 Å². The summed E-state index contributed by atoms with van der Waals surface area (Å²) in [6.07, 6.45) is 4.30. The molecule has 1 aliphatic rings. The van der Waals surface area contributed by atoms with E-state index in [1.165, 1.54) is 12.1 Å². The normalized spacial score (nSPS) is 16.4. The van der Waals surface area contributed by atoms with Crippen LogP contribution < -0.4 is 4.74 Å². The Morgan fingerprint density at radius 1 is 1.06 bits per heavy atom. The summed E-state index contributed by atoms with van der Waals surface area (Å²) in [6.45, 7) is 3.10. The summed E-state index contributed by atoms with van der Waals surface area (Å²) in [7, 11) is 1.63. The molecule has 0 saturated heterocycles. The maximum Gasteiger partial charge on any atom is 0.131 e. The molecule has 1 atom stereocenters. The third kappa shape index (κ3) is 3.93. The summed E-state index contributed by atoms with van der Waals surface area (Å²) in [5, 5.41) is 1.12. The van der Waals surface area contributed by atoms with Crippen molar-refractivity contribution in [2.45, 2.75) is 25.9 Å². The van der Waals surface area contributed by atoms with Gasteiger partial charge in [-0.05, 0) is 60.4 Å². The maximum atomic E-state index is 15.4. The zero-order chi connectivity index (χ0) is 22.9. The molecule has 0 saturated carbocycles. The number of para-hydroxylation sites is 1. The minimum Gasteiger partial charge on any atom is -0.497 e. The summed E-state index contributed by atoms with van der Waals surface area (Å²) in [5.41, 5.74) is 4.66. The molecule has 0 fully saturated rings. The highest BCUT2D eigenvalue weighted by Crippen LogP contribution is 2.41. The van der Waals surface area contributed by atoms with Crippen molar-refractivity contribution in [3.63, 3.8) is 0 Å². The third-order valence-corrected chi connectivity index (χ3v) is 6.41. The third-order valence-electron chi connectivity index (χ3n) is 6.41. The largest absolute Gasteiger partial charge is 0.497 e. The van der Waals surface area contributed by atoms with Gasteiger partial charge in [0.2, 0.25) is 0 Å². The first-order valence-corrected chi connectivity index (χ1v) is 11.2. The number of H-pyrrole nitrogens is 1. The number of allylic oxidation sites excluding steroid dienone is 1. The van der Waals surface area contributed by atoms with Crippen LogP contribution in [0.5, 0.6) is 5.75 Å². The van der Waals surface area contributed by atoms with Crippen molar-refractivity contribution in [2.24, 2.45) is 0 Å². The molecular formula is C28H26F2N2O. The van der Waals surface area contributed by atoms with Crippen LogP contribution in [0.3, 0.4) is 0 Å². The number of rotatable bonds is 5.